The summed E-state index contributed by atoms with van der Waals surface area (Å²) in [5.74, 6) is -0.232. The minimum absolute atomic E-state index is 0.121. The SMILES string of the molecule is COC(=O)CNC(=O)[C@H](C)c1ccc2cc(OC)ccc2c1. The first-order chi connectivity index (χ1) is 10.5. The summed E-state index contributed by atoms with van der Waals surface area (Å²) in [4.78, 5) is 23.1. The molecule has 2 aromatic carbocycles. The molecule has 0 unspecified atom stereocenters. The molecule has 0 heterocycles. The second kappa shape index (κ2) is 6.93. The van der Waals surface area contributed by atoms with Crippen molar-refractivity contribution in [2.45, 2.75) is 12.8 Å². The van der Waals surface area contributed by atoms with E-state index in [0.29, 0.717) is 0 Å². The number of hydrogen-bond acceptors (Lipinski definition) is 4. The lowest BCUT2D eigenvalue weighted by atomic mass is 9.97. The van der Waals surface area contributed by atoms with Crippen LogP contribution in [0.5, 0.6) is 5.75 Å². The average Bonchev–Trinajstić information content (AvgIpc) is 2.57. The Balaban J connectivity index is 2.15. The maximum Gasteiger partial charge on any atom is 0.325 e. The van der Waals surface area contributed by atoms with Gasteiger partial charge in [-0.05, 0) is 35.4 Å². The van der Waals surface area contributed by atoms with Crippen LogP contribution in [0, 0.1) is 0 Å². The summed E-state index contributed by atoms with van der Waals surface area (Å²) < 4.78 is 9.70. The van der Waals surface area contributed by atoms with Gasteiger partial charge in [0.05, 0.1) is 20.1 Å². The van der Waals surface area contributed by atoms with Crippen molar-refractivity contribution in [1.29, 1.82) is 0 Å². The molecule has 1 amide bonds. The molecule has 0 bridgehead atoms. The number of amides is 1. The first-order valence-electron chi connectivity index (χ1n) is 6.97. The summed E-state index contributed by atoms with van der Waals surface area (Å²) >= 11 is 0. The zero-order valence-electron chi connectivity index (χ0n) is 12.9. The molecule has 0 aromatic heterocycles. The van der Waals surface area contributed by atoms with Crippen LogP contribution in [0.1, 0.15) is 18.4 Å². The van der Waals surface area contributed by atoms with E-state index in [1.54, 1.807) is 14.0 Å². The molecular formula is C17H19NO4. The van der Waals surface area contributed by atoms with E-state index in [-0.39, 0.29) is 18.4 Å². The van der Waals surface area contributed by atoms with Gasteiger partial charge in [0.2, 0.25) is 5.91 Å². The molecule has 0 fully saturated rings. The molecule has 0 radical (unpaired) electrons. The van der Waals surface area contributed by atoms with Crippen LogP contribution in [0.25, 0.3) is 10.8 Å². The quantitative estimate of drug-likeness (QED) is 0.860. The van der Waals surface area contributed by atoms with Gasteiger partial charge in [-0.2, -0.15) is 0 Å². The molecule has 0 aliphatic rings. The van der Waals surface area contributed by atoms with Crippen molar-refractivity contribution >= 4 is 22.6 Å². The van der Waals surface area contributed by atoms with Gasteiger partial charge in [-0.15, -0.1) is 0 Å². The number of esters is 1. The maximum absolute atomic E-state index is 12.1. The number of hydrogen-bond donors (Lipinski definition) is 1. The Bertz CT molecular complexity index is 696. The summed E-state index contributed by atoms with van der Waals surface area (Å²) in [6, 6.07) is 11.6. The lowest BCUT2D eigenvalue weighted by molar-refractivity contribution is -0.141. The Morgan fingerprint density at radius 3 is 2.45 bits per heavy atom. The second-order valence-electron chi connectivity index (χ2n) is 4.99. The van der Waals surface area contributed by atoms with Crippen LogP contribution in [-0.4, -0.2) is 32.6 Å². The van der Waals surface area contributed by atoms with Gasteiger partial charge in [-0.3, -0.25) is 9.59 Å². The minimum Gasteiger partial charge on any atom is -0.497 e. The van der Waals surface area contributed by atoms with Gasteiger partial charge in [0, 0.05) is 0 Å². The summed E-state index contributed by atoms with van der Waals surface area (Å²) in [7, 11) is 2.92. The van der Waals surface area contributed by atoms with Crippen molar-refractivity contribution in [3.05, 3.63) is 42.0 Å². The molecule has 0 spiro atoms. The topological polar surface area (TPSA) is 64.6 Å². The van der Waals surface area contributed by atoms with Crippen molar-refractivity contribution in [3.8, 4) is 5.75 Å². The largest absolute Gasteiger partial charge is 0.497 e. The molecule has 5 heteroatoms. The van der Waals surface area contributed by atoms with E-state index >= 15 is 0 Å². The number of carbonyl (C=O) groups is 2. The number of rotatable bonds is 5. The summed E-state index contributed by atoms with van der Waals surface area (Å²) in [5.41, 5.74) is 0.889. The fourth-order valence-corrected chi connectivity index (χ4v) is 2.17. The third-order valence-electron chi connectivity index (χ3n) is 3.60. The highest BCUT2D eigenvalue weighted by Gasteiger charge is 2.16. The molecule has 0 aliphatic carbocycles. The van der Waals surface area contributed by atoms with E-state index in [4.69, 9.17) is 4.74 Å². The van der Waals surface area contributed by atoms with Gasteiger partial charge in [0.25, 0.3) is 0 Å². The van der Waals surface area contributed by atoms with E-state index in [1.165, 1.54) is 7.11 Å². The number of benzene rings is 2. The fraction of sp³-hybridized carbons (Fsp3) is 0.294. The van der Waals surface area contributed by atoms with Crippen LogP contribution in [0.2, 0.25) is 0 Å². The van der Waals surface area contributed by atoms with Gasteiger partial charge in [-0.1, -0.05) is 24.3 Å². The third-order valence-corrected chi connectivity index (χ3v) is 3.60. The van der Waals surface area contributed by atoms with E-state index < -0.39 is 5.97 Å². The van der Waals surface area contributed by atoms with Crippen LogP contribution < -0.4 is 10.1 Å². The number of carbonyl (C=O) groups excluding carboxylic acids is 2. The second-order valence-corrected chi connectivity index (χ2v) is 4.99. The molecule has 22 heavy (non-hydrogen) atoms. The highest BCUT2D eigenvalue weighted by Crippen LogP contribution is 2.25. The number of nitrogens with one attached hydrogen (secondary N) is 1. The van der Waals surface area contributed by atoms with Gasteiger partial charge in [0.15, 0.2) is 0 Å². The van der Waals surface area contributed by atoms with Crippen molar-refractivity contribution < 1.29 is 19.1 Å². The van der Waals surface area contributed by atoms with Crippen molar-refractivity contribution in [2.75, 3.05) is 20.8 Å². The monoisotopic (exact) mass is 301 g/mol. The maximum atomic E-state index is 12.1. The third kappa shape index (κ3) is 3.55. The molecule has 0 aliphatic heterocycles. The summed E-state index contributed by atoms with van der Waals surface area (Å²) in [6.07, 6.45) is 0. The molecule has 5 nitrogen and oxygen atoms in total. The Hall–Kier alpha value is -2.56. The highest BCUT2D eigenvalue weighted by molar-refractivity contribution is 5.89. The molecule has 2 aromatic rings. The van der Waals surface area contributed by atoms with E-state index in [1.807, 2.05) is 36.4 Å². The Labute approximate surface area is 129 Å². The van der Waals surface area contributed by atoms with E-state index in [0.717, 1.165) is 22.1 Å². The predicted octanol–water partition coefficient (Wildman–Crippen LogP) is 2.24. The average molecular weight is 301 g/mol. The lowest BCUT2D eigenvalue weighted by Crippen LogP contribution is -2.33. The lowest BCUT2D eigenvalue weighted by Gasteiger charge is -2.13. The van der Waals surface area contributed by atoms with Crippen molar-refractivity contribution in [3.63, 3.8) is 0 Å². The fourth-order valence-electron chi connectivity index (χ4n) is 2.17. The van der Waals surface area contributed by atoms with Crippen LogP contribution >= 0.6 is 0 Å². The van der Waals surface area contributed by atoms with Crippen LogP contribution in [-0.2, 0) is 14.3 Å². The predicted molar refractivity (Wildman–Crippen MR) is 83.9 cm³/mol. The molecule has 0 saturated heterocycles. The Morgan fingerprint density at radius 2 is 1.77 bits per heavy atom. The van der Waals surface area contributed by atoms with Gasteiger partial charge < -0.3 is 14.8 Å². The molecule has 1 N–H and O–H groups in total. The zero-order valence-corrected chi connectivity index (χ0v) is 12.9. The number of methoxy groups -OCH3 is 2. The smallest absolute Gasteiger partial charge is 0.325 e. The van der Waals surface area contributed by atoms with Crippen LogP contribution in [0.15, 0.2) is 36.4 Å². The number of ether oxygens (including phenoxy) is 2. The summed E-state index contributed by atoms with van der Waals surface area (Å²) in [6.45, 7) is 1.68. The summed E-state index contributed by atoms with van der Waals surface area (Å²) in [5, 5.41) is 4.64. The first kappa shape index (κ1) is 15.8. The number of fused-ring (bicyclic) bond motifs is 1. The van der Waals surface area contributed by atoms with Crippen LogP contribution in [0.3, 0.4) is 0 Å². The standard InChI is InChI=1S/C17H19NO4/c1-11(17(20)18-10-16(19)22-3)12-4-5-14-9-15(21-2)7-6-13(14)8-12/h4-9,11H,10H2,1-3H3,(H,18,20)/t11-/m1/s1. The molecule has 1 atom stereocenters. The van der Waals surface area contributed by atoms with E-state index in [2.05, 4.69) is 10.1 Å². The van der Waals surface area contributed by atoms with Gasteiger partial charge in [0.1, 0.15) is 12.3 Å². The molecular weight excluding hydrogens is 282 g/mol. The Kier molecular flexibility index (Phi) is 4.99. The van der Waals surface area contributed by atoms with Gasteiger partial charge >= 0.3 is 5.97 Å². The zero-order chi connectivity index (χ0) is 16.1. The molecule has 116 valence electrons. The van der Waals surface area contributed by atoms with Crippen LogP contribution in [0.4, 0.5) is 0 Å². The van der Waals surface area contributed by atoms with Gasteiger partial charge in [-0.25, -0.2) is 0 Å². The molecule has 2 rings (SSSR count). The highest BCUT2D eigenvalue weighted by atomic mass is 16.5. The van der Waals surface area contributed by atoms with Crippen molar-refractivity contribution in [2.24, 2.45) is 0 Å². The molecule has 0 saturated carbocycles. The Morgan fingerprint density at radius 1 is 1.09 bits per heavy atom. The van der Waals surface area contributed by atoms with Crippen molar-refractivity contribution in [1.82, 2.24) is 5.32 Å². The van der Waals surface area contributed by atoms with E-state index in [9.17, 15) is 9.59 Å². The normalized spacial score (nSPS) is 11.8. The minimum atomic E-state index is -0.467. The first-order valence-corrected chi connectivity index (χ1v) is 6.97.